The highest BCUT2D eigenvalue weighted by Gasteiger charge is 1.98. The first-order valence-corrected chi connectivity index (χ1v) is 3.13. The van der Waals surface area contributed by atoms with Crippen LogP contribution < -0.4 is 0 Å². The summed E-state index contributed by atoms with van der Waals surface area (Å²) in [5, 5.41) is 0.337. The van der Waals surface area contributed by atoms with E-state index >= 15 is 0 Å². The number of hydrogen-bond donors (Lipinski definition) is 0. The van der Waals surface area contributed by atoms with E-state index in [0.717, 1.165) is 0 Å². The molecule has 0 aliphatic rings. The lowest BCUT2D eigenvalue weighted by molar-refractivity contribution is 0.111. The van der Waals surface area contributed by atoms with E-state index < -0.39 is 0 Å². The zero-order valence-corrected chi connectivity index (χ0v) is 6.23. The maximum atomic E-state index is 10.1. The van der Waals surface area contributed by atoms with Crippen molar-refractivity contribution in [3.63, 3.8) is 0 Å². The van der Waals surface area contributed by atoms with Gasteiger partial charge >= 0.3 is 0 Å². The van der Waals surface area contributed by atoms with Gasteiger partial charge in [-0.05, 0) is 0 Å². The maximum Gasteiger partial charge on any atom is 0.195 e. The first kappa shape index (κ1) is 7.44. The van der Waals surface area contributed by atoms with Crippen LogP contribution in [-0.4, -0.2) is 16.3 Å². The lowest BCUT2D eigenvalue weighted by Gasteiger charge is -1.91. The fraction of sp³-hybridized carbons (Fsp3) is 0. The Kier molecular flexibility index (Phi) is 2.19. The van der Waals surface area contributed by atoms with Crippen molar-refractivity contribution < 1.29 is 4.79 Å². The van der Waals surface area contributed by atoms with Crippen LogP contribution in [0.25, 0.3) is 0 Å². The minimum Gasteiger partial charge on any atom is -0.294 e. The van der Waals surface area contributed by atoms with E-state index in [-0.39, 0.29) is 16.1 Å². The fourth-order valence-electron chi connectivity index (χ4n) is 0.459. The average Bonchev–Trinajstić information content (AvgIpc) is 1.85. The molecule has 0 spiro atoms. The molecule has 0 aromatic carbocycles. The van der Waals surface area contributed by atoms with E-state index in [2.05, 4.69) is 9.97 Å². The second kappa shape index (κ2) is 2.94. The highest BCUT2D eigenvalue weighted by Crippen LogP contribution is 2.10. The van der Waals surface area contributed by atoms with Gasteiger partial charge < -0.3 is 0 Å². The molecular formula is C5H2Cl2N2O. The molecule has 0 aliphatic carbocycles. The topological polar surface area (TPSA) is 42.9 Å². The minimum atomic E-state index is -0.00231. The Labute approximate surface area is 67.0 Å². The van der Waals surface area contributed by atoms with Crippen LogP contribution in [0.4, 0.5) is 0 Å². The summed E-state index contributed by atoms with van der Waals surface area (Å²) >= 11 is 10.9. The zero-order chi connectivity index (χ0) is 7.56. The standard InChI is InChI=1S/C5H2Cl2N2O/c6-3-1-4(7)9-5(2-10)8-3/h1-2H. The Bertz CT molecular complexity index is 244. The lowest BCUT2D eigenvalue weighted by Crippen LogP contribution is -1.91. The Balaban J connectivity index is 3.18. The monoisotopic (exact) mass is 176 g/mol. The molecule has 0 radical (unpaired) electrons. The van der Waals surface area contributed by atoms with Gasteiger partial charge in [-0.25, -0.2) is 9.97 Å². The molecule has 0 saturated carbocycles. The van der Waals surface area contributed by atoms with Crippen LogP contribution in [0, 0.1) is 0 Å². The van der Waals surface area contributed by atoms with Crippen LogP contribution in [0.3, 0.4) is 0 Å². The number of aromatic nitrogens is 2. The van der Waals surface area contributed by atoms with Crippen molar-refractivity contribution in [1.82, 2.24) is 9.97 Å². The molecule has 52 valence electrons. The van der Waals surface area contributed by atoms with Gasteiger partial charge in [0.2, 0.25) is 0 Å². The molecule has 1 aromatic rings. The van der Waals surface area contributed by atoms with E-state index in [1.807, 2.05) is 0 Å². The summed E-state index contributed by atoms with van der Waals surface area (Å²) in [6.45, 7) is 0. The third-order valence-corrected chi connectivity index (χ3v) is 1.17. The van der Waals surface area contributed by atoms with Crippen LogP contribution in [0.2, 0.25) is 10.3 Å². The largest absolute Gasteiger partial charge is 0.294 e. The van der Waals surface area contributed by atoms with Gasteiger partial charge in [0.1, 0.15) is 10.3 Å². The van der Waals surface area contributed by atoms with E-state index in [4.69, 9.17) is 23.2 Å². The van der Waals surface area contributed by atoms with Crippen molar-refractivity contribution in [3.05, 3.63) is 22.2 Å². The van der Waals surface area contributed by atoms with Gasteiger partial charge in [-0.3, -0.25) is 4.79 Å². The molecule has 1 rings (SSSR count). The molecule has 1 aromatic heterocycles. The van der Waals surface area contributed by atoms with Gasteiger partial charge in [-0.1, -0.05) is 23.2 Å². The second-order valence-corrected chi connectivity index (χ2v) is 2.26. The molecule has 0 aliphatic heterocycles. The summed E-state index contributed by atoms with van der Waals surface area (Å²) in [5.74, 6) is -0.00231. The normalized spacial score (nSPS) is 9.40. The molecule has 3 nitrogen and oxygen atoms in total. The zero-order valence-electron chi connectivity index (χ0n) is 4.71. The molecule has 10 heavy (non-hydrogen) atoms. The van der Waals surface area contributed by atoms with Crippen molar-refractivity contribution in [3.8, 4) is 0 Å². The highest BCUT2D eigenvalue weighted by molar-refractivity contribution is 6.33. The average molecular weight is 177 g/mol. The van der Waals surface area contributed by atoms with Crippen molar-refractivity contribution in [1.29, 1.82) is 0 Å². The Morgan fingerprint density at radius 3 is 2.20 bits per heavy atom. The minimum absolute atomic E-state index is 0.00231. The number of nitrogens with zero attached hydrogens (tertiary/aromatic N) is 2. The molecule has 0 amide bonds. The first-order chi connectivity index (χ1) is 4.72. The summed E-state index contributed by atoms with van der Waals surface area (Å²) in [5.41, 5.74) is 0. The SMILES string of the molecule is O=Cc1nc(Cl)cc(Cl)n1. The van der Waals surface area contributed by atoms with Gasteiger partial charge in [-0.2, -0.15) is 0 Å². The lowest BCUT2D eigenvalue weighted by atomic mass is 10.6. The number of hydrogen-bond acceptors (Lipinski definition) is 3. The summed E-state index contributed by atoms with van der Waals surface area (Å²) in [4.78, 5) is 17.2. The fourth-order valence-corrected chi connectivity index (χ4v) is 0.895. The van der Waals surface area contributed by atoms with E-state index in [0.29, 0.717) is 6.29 Å². The molecule has 0 bridgehead atoms. The van der Waals surface area contributed by atoms with Crippen molar-refractivity contribution >= 4 is 29.5 Å². The van der Waals surface area contributed by atoms with Crippen LogP contribution >= 0.6 is 23.2 Å². The Hall–Kier alpha value is -0.670. The van der Waals surface area contributed by atoms with E-state index in [9.17, 15) is 4.79 Å². The molecule has 1 heterocycles. The van der Waals surface area contributed by atoms with Crippen LogP contribution in [0.15, 0.2) is 6.07 Å². The van der Waals surface area contributed by atoms with Gasteiger partial charge in [0, 0.05) is 6.07 Å². The van der Waals surface area contributed by atoms with E-state index in [1.54, 1.807) is 0 Å². The molecule has 0 N–H and O–H groups in total. The number of rotatable bonds is 1. The van der Waals surface area contributed by atoms with Gasteiger partial charge in [0.25, 0.3) is 0 Å². The van der Waals surface area contributed by atoms with Crippen LogP contribution in [0.5, 0.6) is 0 Å². The van der Waals surface area contributed by atoms with Crippen LogP contribution in [-0.2, 0) is 0 Å². The predicted molar refractivity (Wildman–Crippen MR) is 37.4 cm³/mol. The van der Waals surface area contributed by atoms with Gasteiger partial charge in [-0.15, -0.1) is 0 Å². The quantitative estimate of drug-likeness (QED) is 0.483. The Morgan fingerprint density at radius 2 is 1.80 bits per heavy atom. The third kappa shape index (κ3) is 1.65. The Morgan fingerprint density at radius 1 is 1.30 bits per heavy atom. The van der Waals surface area contributed by atoms with E-state index in [1.165, 1.54) is 6.07 Å². The second-order valence-electron chi connectivity index (χ2n) is 1.49. The van der Waals surface area contributed by atoms with Crippen molar-refractivity contribution in [2.24, 2.45) is 0 Å². The number of carbonyl (C=O) groups excluding carboxylic acids is 1. The predicted octanol–water partition coefficient (Wildman–Crippen LogP) is 1.60. The molecule has 0 fully saturated rings. The third-order valence-electron chi connectivity index (χ3n) is 0.786. The number of aldehydes is 1. The highest BCUT2D eigenvalue weighted by atomic mass is 35.5. The van der Waals surface area contributed by atoms with Gasteiger partial charge in [0.05, 0.1) is 0 Å². The number of carbonyl (C=O) groups is 1. The summed E-state index contributed by atoms with van der Waals surface area (Å²) in [7, 11) is 0. The summed E-state index contributed by atoms with van der Waals surface area (Å²) < 4.78 is 0. The molecule has 0 atom stereocenters. The molecule has 0 saturated heterocycles. The smallest absolute Gasteiger partial charge is 0.195 e. The van der Waals surface area contributed by atoms with Crippen LogP contribution in [0.1, 0.15) is 10.6 Å². The number of halogens is 2. The van der Waals surface area contributed by atoms with Crippen molar-refractivity contribution in [2.45, 2.75) is 0 Å². The summed E-state index contributed by atoms with van der Waals surface area (Å²) in [6, 6.07) is 1.36. The van der Waals surface area contributed by atoms with Crippen molar-refractivity contribution in [2.75, 3.05) is 0 Å². The molecule has 0 unspecified atom stereocenters. The molecule has 5 heteroatoms. The molecular weight excluding hydrogens is 175 g/mol. The first-order valence-electron chi connectivity index (χ1n) is 2.37. The summed E-state index contributed by atoms with van der Waals surface area (Å²) in [6.07, 6.45) is 0.484. The maximum absolute atomic E-state index is 10.1. The van der Waals surface area contributed by atoms with Gasteiger partial charge in [0.15, 0.2) is 12.1 Å².